The van der Waals surface area contributed by atoms with Crippen molar-refractivity contribution in [2.75, 3.05) is 5.32 Å². The van der Waals surface area contributed by atoms with E-state index in [1.165, 1.54) is 29.6 Å². The smallest absolute Gasteiger partial charge is 0.252 e. The fourth-order valence-electron chi connectivity index (χ4n) is 2.81. The maximum absolute atomic E-state index is 13.7. The van der Waals surface area contributed by atoms with E-state index in [-0.39, 0.29) is 11.1 Å². The minimum atomic E-state index is -0.705. The summed E-state index contributed by atoms with van der Waals surface area (Å²) in [7, 11) is 0. The van der Waals surface area contributed by atoms with Gasteiger partial charge in [-0.2, -0.15) is 0 Å². The Morgan fingerprint density at radius 1 is 1.17 bits per heavy atom. The molecule has 0 aliphatic heterocycles. The molecular formula is C21H15Cl2FN2O2S. The van der Waals surface area contributed by atoms with Crippen LogP contribution in [0.1, 0.15) is 20.8 Å². The summed E-state index contributed by atoms with van der Waals surface area (Å²) < 4.78 is 13.7. The van der Waals surface area contributed by atoms with Crippen LogP contribution < -0.4 is 11.1 Å². The van der Waals surface area contributed by atoms with Crippen molar-refractivity contribution in [3.8, 4) is 11.1 Å². The quantitative estimate of drug-likeness (QED) is 0.475. The van der Waals surface area contributed by atoms with E-state index in [2.05, 4.69) is 5.32 Å². The number of nitrogens with one attached hydrogen (secondary N) is 1. The fraction of sp³-hybridized carbons (Fsp3) is 0.0476. The summed E-state index contributed by atoms with van der Waals surface area (Å²) in [6, 6.07) is 11.0. The maximum atomic E-state index is 13.7. The highest BCUT2D eigenvalue weighted by Crippen LogP contribution is 2.42. The van der Waals surface area contributed by atoms with E-state index in [1.807, 2.05) is 0 Å². The SMILES string of the molecule is Cc1sc(NC(=O)/C=C/c2ccccc2F)c(C(N)=O)c1-c1ccc(Cl)cc1Cl. The Morgan fingerprint density at radius 2 is 1.90 bits per heavy atom. The van der Waals surface area contributed by atoms with E-state index in [0.29, 0.717) is 26.2 Å². The highest BCUT2D eigenvalue weighted by atomic mass is 35.5. The number of nitrogens with two attached hydrogens (primary N) is 1. The van der Waals surface area contributed by atoms with Crippen LogP contribution in [-0.4, -0.2) is 11.8 Å². The van der Waals surface area contributed by atoms with Crippen LogP contribution in [0.5, 0.6) is 0 Å². The number of carbonyl (C=O) groups excluding carboxylic acids is 2. The van der Waals surface area contributed by atoms with Crippen LogP contribution in [0.15, 0.2) is 48.5 Å². The number of hydrogen-bond donors (Lipinski definition) is 2. The van der Waals surface area contributed by atoms with Crippen LogP contribution in [0, 0.1) is 12.7 Å². The van der Waals surface area contributed by atoms with E-state index in [4.69, 9.17) is 28.9 Å². The zero-order valence-electron chi connectivity index (χ0n) is 15.1. The van der Waals surface area contributed by atoms with Gasteiger partial charge in [-0.05, 0) is 31.2 Å². The van der Waals surface area contributed by atoms with Gasteiger partial charge < -0.3 is 11.1 Å². The number of primary amides is 1. The first-order valence-electron chi connectivity index (χ1n) is 8.40. The van der Waals surface area contributed by atoms with Crippen LogP contribution in [0.25, 0.3) is 17.2 Å². The van der Waals surface area contributed by atoms with E-state index in [0.717, 1.165) is 4.88 Å². The molecule has 0 spiro atoms. The first-order chi connectivity index (χ1) is 13.8. The number of rotatable bonds is 5. The molecule has 1 heterocycles. The van der Waals surface area contributed by atoms with Crippen LogP contribution in [0.2, 0.25) is 10.0 Å². The molecule has 148 valence electrons. The average Bonchev–Trinajstić information content (AvgIpc) is 2.97. The molecule has 3 N–H and O–H groups in total. The molecule has 0 unspecified atom stereocenters. The molecule has 0 fully saturated rings. The van der Waals surface area contributed by atoms with Crippen LogP contribution in [-0.2, 0) is 4.79 Å². The van der Waals surface area contributed by atoms with Crippen molar-refractivity contribution in [1.82, 2.24) is 0 Å². The van der Waals surface area contributed by atoms with E-state index in [9.17, 15) is 14.0 Å². The predicted octanol–water partition coefficient (Wildman–Crippen LogP) is 5.92. The van der Waals surface area contributed by atoms with Gasteiger partial charge in [-0.25, -0.2) is 4.39 Å². The highest BCUT2D eigenvalue weighted by molar-refractivity contribution is 7.17. The number of hydrogen-bond acceptors (Lipinski definition) is 3. The van der Waals surface area contributed by atoms with Crippen molar-refractivity contribution in [2.45, 2.75) is 6.92 Å². The molecule has 0 bridgehead atoms. The third-order valence-electron chi connectivity index (χ3n) is 4.09. The fourth-order valence-corrected chi connectivity index (χ4v) is 4.39. The Hall–Kier alpha value is -2.67. The summed E-state index contributed by atoms with van der Waals surface area (Å²) in [5.74, 6) is -1.67. The molecule has 0 saturated carbocycles. The second-order valence-corrected chi connectivity index (χ2v) is 8.14. The lowest BCUT2D eigenvalue weighted by molar-refractivity contribution is -0.111. The molecule has 29 heavy (non-hydrogen) atoms. The molecule has 0 aliphatic carbocycles. The molecule has 4 nitrogen and oxygen atoms in total. The Morgan fingerprint density at radius 3 is 2.55 bits per heavy atom. The number of thiophene rings is 1. The van der Waals surface area contributed by atoms with Gasteiger partial charge in [0.1, 0.15) is 10.8 Å². The van der Waals surface area contributed by atoms with E-state index >= 15 is 0 Å². The number of amides is 2. The van der Waals surface area contributed by atoms with Crippen LogP contribution >= 0.6 is 34.5 Å². The standard InChI is InChI=1S/C21H15Cl2FN2O2S/c1-11-18(14-8-7-13(22)10-15(14)23)19(20(25)28)21(29-11)26-17(27)9-6-12-4-2-3-5-16(12)24/h2-10H,1H3,(H2,25,28)(H,26,27)/b9-6+. The van der Waals surface area contributed by atoms with Gasteiger partial charge in [0.2, 0.25) is 5.91 Å². The highest BCUT2D eigenvalue weighted by Gasteiger charge is 2.23. The molecule has 3 aromatic rings. The summed E-state index contributed by atoms with van der Waals surface area (Å²) in [5.41, 5.74) is 7.14. The Kier molecular flexibility index (Phi) is 6.37. The summed E-state index contributed by atoms with van der Waals surface area (Å²) in [6.45, 7) is 1.79. The second-order valence-electron chi connectivity index (χ2n) is 6.07. The maximum Gasteiger partial charge on any atom is 0.252 e. The van der Waals surface area contributed by atoms with Crippen molar-refractivity contribution in [3.63, 3.8) is 0 Å². The van der Waals surface area contributed by atoms with Gasteiger partial charge in [-0.3, -0.25) is 9.59 Å². The van der Waals surface area contributed by atoms with Gasteiger partial charge >= 0.3 is 0 Å². The lowest BCUT2D eigenvalue weighted by Gasteiger charge is -2.08. The van der Waals surface area contributed by atoms with Crippen LogP contribution in [0.3, 0.4) is 0 Å². The predicted molar refractivity (Wildman–Crippen MR) is 117 cm³/mol. The number of benzene rings is 2. The Balaban J connectivity index is 1.95. The van der Waals surface area contributed by atoms with Gasteiger partial charge in [0.25, 0.3) is 5.91 Å². The molecule has 3 rings (SSSR count). The summed E-state index contributed by atoms with van der Waals surface area (Å²) in [6.07, 6.45) is 2.54. The van der Waals surface area contributed by atoms with Crippen molar-refractivity contribution in [2.24, 2.45) is 5.73 Å². The molecule has 2 amide bonds. The first kappa shape index (κ1) is 21.0. The molecule has 2 aromatic carbocycles. The van der Waals surface area contributed by atoms with Gasteiger partial charge in [0, 0.05) is 37.7 Å². The van der Waals surface area contributed by atoms with E-state index in [1.54, 1.807) is 43.3 Å². The van der Waals surface area contributed by atoms with Gasteiger partial charge in [-0.15, -0.1) is 11.3 Å². The number of halogens is 3. The van der Waals surface area contributed by atoms with Crippen molar-refractivity contribution < 1.29 is 14.0 Å². The Bertz CT molecular complexity index is 1140. The minimum Gasteiger partial charge on any atom is -0.365 e. The summed E-state index contributed by atoms with van der Waals surface area (Å²) in [4.78, 5) is 25.2. The molecule has 0 radical (unpaired) electrons. The van der Waals surface area contributed by atoms with E-state index < -0.39 is 17.6 Å². The van der Waals surface area contributed by atoms with Crippen molar-refractivity contribution in [1.29, 1.82) is 0 Å². The molecular weight excluding hydrogens is 434 g/mol. The minimum absolute atomic E-state index is 0.157. The average molecular weight is 449 g/mol. The third-order valence-corrected chi connectivity index (χ3v) is 5.66. The third kappa shape index (κ3) is 4.67. The van der Waals surface area contributed by atoms with Gasteiger partial charge in [-0.1, -0.05) is 47.5 Å². The molecule has 1 aromatic heterocycles. The largest absolute Gasteiger partial charge is 0.365 e. The second kappa shape index (κ2) is 8.78. The van der Waals surface area contributed by atoms with Crippen molar-refractivity contribution >= 4 is 57.4 Å². The van der Waals surface area contributed by atoms with Crippen molar-refractivity contribution in [3.05, 3.63) is 80.4 Å². The zero-order chi connectivity index (χ0) is 21.1. The molecule has 0 aliphatic rings. The van der Waals surface area contributed by atoms with Gasteiger partial charge in [0.15, 0.2) is 0 Å². The summed E-state index contributed by atoms with van der Waals surface area (Å²) in [5, 5.41) is 3.75. The lowest BCUT2D eigenvalue weighted by atomic mass is 10.0. The lowest BCUT2D eigenvalue weighted by Crippen LogP contribution is -2.16. The molecule has 8 heteroatoms. The number of aryl methyl sites for hydroxylation is 1. The topological polar surface area (TPSA) is 72.2 Å². The Labute approximate surface area is 180 Å². The monoisotopic (exact) mass is 448 g/mol. The molecule has 0 saturated heterocycles. The normalized spacial score (nSPS) is 11.0. The molecule has 0 atom stereocenters. The van der Waals surface area contributed by atoms with Crippen LogP contribution in [0.4, 0.5) is 9.39 Å². The van der Waals surface area contributed by atoms with Gasteiger partial charge in [0.05, 0.1) is 5.56 Å². The zero-order valence-corrected chi connectivity index (χ0v) is 17.5. The number of carbonyl (C=O) groups is 2. The first-order valence-corrected chi connectivity index (χ1v) is 9.97. The summed E-state index contributed by atoms with van der Waals surface area (Å²) >= 11 is 13.4. The number of anilines is 1.